The van der Waals surface area contributed by atoms with Crippen LogP contribution >= 0.6 is 35.7 Å². The Morgan fingerprint density at radius 1 is 1.29 bits per heavy atom. The van der Waals surface area contributed by atoms with E-state index < -0.39 is 0 Å². The summed E-state index contributed by atoms with van der Waals surface area (Å²) in [6.07, 6.45) is 5.29. The molecule has 1 aliphatic rings. The average Bonchev–Trinajstić information content (AvgIpc) is 3.31. The molecule has 0 aliphatic carbocycles. The molecular formula is C23H29ClN6O3S2. The Morgan fingerprint density at radius 3 is 2.80 bits per heavy atom. The van der Waals surface area contributed by atoms with E-state index in [0.717, 1.165) is 48.1 Å². The molecule has 0 atom stereocenters. The van der Waals surface area contributed by atoms with Crippen molar-refractivity contribution in [3.8, 4) is 11.5 Å². The second kappa shape index (κ2) is 13.0. The maximum absolute atomic E-state index is 11.6. The Balaban J connectivity index is 0.00000342. The molecule has 0 bridgehead atoms. The minimum Gasteiger partial charge on any atom is -0.452 e. The summed E-state index contributed by atoms with van der Waals surface area (Å²) in [6, 6.07) is 5.68. The highest BCUT2D eigenvalue weighted by molar-refractivity contribution is 7.99. The molecular weight excluding hydrogens is 508 g/mol. The van der Waals surface area contributed by atoms with Crippen LogP contribution in [0.1, 0.15) is 37.2 Å². The normalized spacial score (nSPS) is 13.9. The Bertz CT molecular complexity index is 1120. The first-order valence-electron chi connectivity index (χ1n) is 11.1. The second-order valence-corrected chi connectivity index (χ2v) is 9.83. The minimum atomic E-state index is 0. The lowest BCUT2D eigenvalue weighted by Gasteiger charge is -2.29. The lowest BCUT2D eigenvalue weighted by atomic mass is 9.96. The summed E-state index contributed by atoms with van der Waals surface area (Å²) in [7, 11) is 1.69. The van der Waals surface area contributed by atoms with Gasteiger partial charge in [0, 0.05) is 67.6 Å². The Labute approximate surface area is 219 Å². The Hall–Kier alpha value is -2.47. The molecule has 12 heteroatoms. The highest BCUT2D eigenvalue weighted by Gasteiger charge is 2.25. The van der Waals surface area contributed by atoms with Crippen molar-refractivity contribution in [2.75, 3.05) is 37.9 Å². The highest BCUT2D eigenvalue weighted by Crippen LogP contribution is 2.35. The lowest BCUT2D eigenvalue weighted by Crippen LogP contribution is -2.36. The van der Waals surface area contributed by atoms with Crippen molar-refractivity contribution in [3.05, 3.63) is 42.1 Å². The van der Waals surface area contributed by atoms with E-state index >= 15 is 0 Å². The largest absolute Gasteiger partial charge is 0.452 e. The van der Waals surface area contributed by atoms with E-state index in [1.807, 2.05) is 36.2 Å². The van der Waals surface area contributed by atoms with Gasteiger partial charge in [0.1, 0.15) is 11.6 Å². The number of anilines is 2. The third kappa shape index (κ3) is 7.26. The summed E-state index contributed by atoms with van der Waals surface area (Å²) in [4.78, 5) is 28.1. The van der Waals surface area contributed by atoms with Crippen molar-refractivity contribution < 1.29 is 14.3 Å². The molecule has 1 saturated heterocycles. The van der Waals surface area contributed by atoms with Crippen molar-refractivity contribution in [1.82, 2.24) is 24.2 Å². The fourth-order valence-electron chi connectivity index (χ4n) is 3.62. The van der Waals surface area contributed by atoms with Gasteiger partial charge in [0.2, 0.25) is 11.0 Å². The summed E-state index contributed by atoms with van der Waals surface area (Å²) in [5, 5.41) is 3.94. The first-order chi connectivity index (χ1) is 16.5. The van der Waals surface area contributed by atoms with Gasteiger partial charge in [0.15, 0.2) is 11.6 Å². The number of piperidine rings is 1. The predicted molar refractivity (Wildman–Crippen MR) is 141 cm³/mol. The number of methoxy groups -OCH3 is 1. The molecule has 3 aromatic heterocycles. The van der Waals surface area contributed by atoms with Crippen LogP contribution in [0.3, 0.4) is 0 Å². The average molecular weight is 537 g/mol. The Kier molecular flexibility index (Phi) is 10.1. The number of ether oxygens (including phenoxy) is 2. The maximum atomic E-state index is 11.6. The van der Waals surface area contributed by atoms with Gasteiger partial charge in [-0.15, -0.1) is 24.2 Å². The minimum absolute atomic E-state index is 0. The maximum Gasteiger partial charge on any atom is 0.219 e. The quantitative estimate of drug-likeness (QED) is 0.297. The molecule has 1 N–H and O–H groups in total. The van der Waals surface area contributed by atoms with E-state index in [-0.39, 0.29) is 24.2 Å². The smallest absolute Gasteiger partial charge is 0.219 e. The highest BCUT2D eigenvalue weighted by atomic mass is 35.5. The molecule has 0 radical (unpaired) electrons. The van der Waals surface area contributed by atoms with Gasteiger partial charge in [-0.3, -0.25) is 9.78 Å². The number of amides is 1. The number of aromatic nitrogens is 4. The number of likely N-dealkylation sites (tertiary alicyclic amines) is 1. The van der Waals surface area contributed by atoms with Gasteiger partial charge in [-0.25, -0.2) is 9.97 Å². The van der Waals surface area contributed by atoms with Crippen LogP contribution < -0.4 is 10.1 Å². The number of rotatable bonds is 9. The van der Waals surface area contributed by atoms with Crippen LogP contribution in [0.15, 0.2) is 35.5 Å². The summed E-state index contributed by atoms with van der Waals surface area (Å²) in [5.41, 5.74) is 0.793. The van der Waals surface area contributed by atoms with Crippen molar-refractivity contribution in [3.63, 3.8) is 0 Å². The SMILES string of the molecule is COCCSc1cnc(Nc2nc(C3CCN(C(C)=O)CC3)ns2)c(Oc2cccnc2C)c1.Cl. The summed E-state index contributed by atoms with van der Waals surface area (Å²) in [5.74, 6) is 3.83. The molecule has 0 aromatic carbocycles. The molecule has 1 amide bonds. The van der Waals surface area contributed by atoms with Crippen molar-refractivity contribution in [2.24, 2.45) is 0 Å². The third-order valence-electron chi connectivity index (χ3n) is 5.53. The van der Waals surface area contributed by atoms with Gasteiger partial charge in [0.05, 0.1) is 12.3 Å². The number of aryl methyl sites for hydroxylation is 1. The number of nitrogens with one attached hydrogen (secondary N) is 1. The van der Waals surface area contributed by atoms with Crippen LogP contribution in [0.5, 0.6) is 11.5 Å². The molecule has 9 nitrogen and oxygen atoms in total. The molecule has 1 aliphatic heterocycles. The summed E-state index contributed by atoms with van der Waals surface area (Å²) >= 11 is 2.95. The Morgan fingerprint density at radius 2 is 2.09 bits per heavy atom. The van der Waals surface area contributed by atoms with Gasteiger partial charge in [-0.2, -0.15) is 4.37 Å². The van der Waals surface area contributed by atoms with E-state index in [4.69, 9.17) is 14.5 Å². The number of nitrogens with zero attached hydrogens (tertiary/aromatic N) is 5. The zero-order valence-electron chi connectivity index (χ0n) is 19.9. The summed E-state index contributed by atoms with van der Waals surface area (Å²) < 4.78 is 15.9. The zero-order valence-corrected chi connectivity index (χ0v) is 22.3. The van der Waals surface area contributed by atoms with E-state index in [1.54, 1.807) is 32.0 Å². The molecule has 0 unspecified atom stereocenters. The number of halogens is 1. The molecule has 35 heavy (non-hydrogen) atoms. The van der Waals surface area contributed by atoms with Crippen LogP contribution in [0, 0.1) is 6.92 Å². The molecule has 4 rings (SSSR count). The zero-order chi connectivity index (χ0) is 23.9. The molecule has 0 saturated carbocycles. The molecule has 1 fully saturated rings. The lowest BCUT2D eigenvalue weighted by molar-refractivity contribution is -0.129. The van der Waals surface area contributed by atoms with Gasteiger partial charge < -0.3 is 19.7 Å². The van der Waals surface area contributed by atoms with Crippen LogP contribution in [0.2, 0.25) is 0 Å². The number of carbonyl (C=O) groups is 1. The number of hydrogen-bond acceptors (Lipinski definition) is 10. The van der Waals surface area contributed by atoms with Gasteiger partial charge in [-0.1, -0.05) is 0 Å². The second-order valence-electron chi connectivity index (χ2n) is 7.91. The van der Waals surface area contributed by atoms with Gasteiger partial charge in [0.25, 0.3) is 0 Å². The van der Waals surface area contributed by atoms with Crippen LogP contribution in [0.4, 0.5) is 10.9 Å². The van der Waals surface area contributed by atoms with Crippen molar-refractivity contribution in [1.29, 1.82) is 0 Å². The standard InChI is InChI=1S/C23H28N6O3S2.ClH/c1-15-19(5-4-8-24-15)32-20-13-18(33-12-11-31-3)14-25-22(20)27-23-26-21(28-34-23)17-6-9-29(10-7-17)16(2)30;/h4-5,8,13-14,17H,6-7,9-12H2,1-3H3,(H,25,26,27,28);1H. The molecule has 4 heterocycles. The van der Waals surface area contributed by atoms with Crippen molar-refractivity contribution >= 4 is 52.6 Å². The number of hydrogen-bond donors (Lipinski definition) is 1. The van der Waals surface area contributed by atoms with Crippen LogP contribution in [-0.4, -0.2) is 62.7 Å². The van der Waals surface area contributed by atoms with E-state index in [2.05, 4.69) is 19.7 Å². The summed E-state index contributed by atoms with van der Waals surface area (Å²) in [6.45, 7) is 5.66. The van der Waals surface area contributed by atoms with Gasteiger partial charge in [-0.05, 0) is 38.0 Å². The molecule has 188 valence electrons. The first kappa shape index (κ1) is 27.1. The fraction of sp³-hybridized carbons (Fsp3) is 0.435. The number of thioether (sulfide) groups is 1. The van der Waals surface area contributed by atoms with Gasteiger partial charge >= 0.3 is 0 Å². The predicted octanol–water partition coefficient (Wildman–Crippen LogP) is 5.06. The monoisotopic (exact) mass is 536 g/mol. The third-order valence-corrected chi connectivity index (χ3v) is 7.11. The van der Waals surface area contributed by atoms with E-state index in [0.29, 0.717) is 29.1 Å². The molecule has 3 aromatic rings. The van der Waals surface area contributed by atoms with E-state index in [1.165, 1.54) is 11.5 Å². The number of pyridine rings is 2. The van der Waals surface area contributed by atoms with Crippen molar-refractivity contribution in [2.45, 2.75) is 37.5 Å². The van der Waals surface area contributed by atoms with E-state index in [9.17, 15) is 4.79 Å². The molecule has 0 spiro atoms. The topological polar surface area (TPSA) is 102 Å². The number of carbonyl (C=O) groups excluding carboxylic acids is 1. The fourth-order valence-corrected chi connectivity index (χ4v) is 5.07. The first-order valence-corrected chi connectivity index (χ1v) is 12.9. The van der Waals surface area contributed by atoms with Crippen LogP contribution in [0.25, 0.3) is 0 Å². The van der Waals surface area contributed by atoms with Crippen LogP contribution in [-0.2, 0) is 9.53 Å².